The van der Waals surface area contributed by atoms with Gasteiger partial charge in [-0.15, -0.1) is 0 Å². The van der Waals surface area contributed by atoms with E-state index in [0.717, 1.165) is 31.9 Å². The van der Waals surface area contributed by atoms with Crippen molar-refractivity contribution in [1.29, 1.82) is 0 Å². The summed E-state index contributed by atoms with van der Waals surface area (Å²) in [5.74, 6) is 1.30. The van der Waals surface area contributed by atoms with Gasteiger partial charge in [0.2, 0.25) is 5.95 Å². The number of aliphatic hydroxyl groups excluding tert-OH is 1. The SMILES string of the molecule is OCCC1CCCN(c2ncc(Cl)cn2)C1. The average Bonchev–Trinajstić information content (AvgIpc) is 2.31. The van der Waals surface area contributed by atoms with Gasteiger partial charge in [0, 0.05) is 19.7 Å². The number of halogens is 1. The minimum atomic E-state index is 0.264. The number of piperidine rings is 1. The minimum absolute atomic E-state index is 0.264. The van der Waals surface area contributed by atoms with Gasteiger partial charge in [-0.3, -0.25) is 0 Å². The zero-order chi connectivity index (χ0) is 11.4. The van der Waals surface area contributed by atoms with Gasteiger partial charge in [0.25, 0.3) is 0 Å². The predicted octanol–water partition coefficient (Wildman–Crippen LogP) is 1.73. The van der Waals surface area contributed by atoms with E-state index in [2.05, 4.69) is 14.9 Å². The second-order valence-corrected chi connectivity index (χ2v) is 4.60. The Bertz CT molecular complexity index is 329. The topological polar surface area (TPSA) is 49.2 Å². The van der Waals surface area contributed by atoms with Crippen LogP contribution in [0.15, 0.2) is 12.4 Å². The van der Waals surface area contributed by atoms with Crippen molar-refractivity contribution in [1.82, 2.24) is 9.97 Å². The number of hydrogen-bond donors (Lipinski definition) is 1. The summed E-state index contributed by atoms with van der Waals surface area (Å²) in [5, 5.41) is 9.51. The van der Waals surface area contributed by atoms with Gasteiger partial charge in [0.05, 0.1) is 17.4 Å². The van der Waals surface area contributed by atoms with Crippen LogP contribution in [0, 0.1) is 5.92 Å². The summed E-state index contributed by atoms with van der Waals surface area (Å²) in [6.07, 6.45) is 6.44. The van der Waals surface area contributed by atoms with Crippen LogP contribution in [0.3, 0.4) is 0 Å². The molecular weight excluding hydrogens is 226 g/mol. The first-order valence-corrected chi connectivity index (χ1v) is 6.00. The summed E-state index contributed by atoms with van der Waals surface area (Å²) in [6, 6.07) is 0. The number of rotatable bonds is 3. The minimum Gasteiger partial charge on any atom is -0.396 e. The second kappa shape index (κ2) is 5.46. The molecule has 0 amide bonds. The Hall–Kier alpha value is -0.870. The first-order chi connectivity index (χ1) is 7.79. The van der Waals surface area contributed by atoms with Crippen molar-refractivity contribution in [3.63, 3.8) is 0 Å². The van der Waals surface area contributed by atoms with Gasteiger partial charge in [0.15, 0.2) is 0 Å². The standard InChI is InChI=1S/C11H16ClN3O/c12-10-6-13-11(14-7-10)15-4-1-2-9(8-15)3-5-16/h6-7,9,16H,1-5,8H2. The molecule has 2 heterocycles. The third-order valence-corrected chi connectivity index (χ3v) is 3.14. The van der Waals surface area contributed by atoms with Crippen molar-refractivity contribution in [2.75, 3.05) is 24.6 Å². The van der Waals surface area contributed by atoms with Crippen molar-refractivity contribution in [2.45, 2.75) is 19.3 Å². The number of hydrogen-bond acceptors (Lipinski definition) is 4. The van der Waals surface area contributed by atoms with Gasteiger partial charge in [-0.25, -0.2) is 9.97 Å². The first-order valence-electron chi connectivity index (χ1n) is 5.63. The molecule has 4 nitrogen and oxygen atoms in total. The zero-order valence-electron chi connectivity index (χ0n) is 9.14. The van der Waals surface area contributed by atoms with Gasteiger partial charge < -0.3 is 10.0 Å². The van der Waals surface area contributed by atoms with Crippen LogP contribution in [0.25, 0.3) is 0 Å². The fraction of sp³-hybridized carbons (Fsp3) is 0.636. The normalized spacial score (nSPS) is 21.1. The van der Waals surface area contributed by atoms with E-state index in [4.69, 9.17) is 16.7 Å². The highest BCUT2D eigenvalue weighted by atomic mass is 35.5. The average molecular weight is 242 g/mol. The molecule has 0 saturated carbocycles. The number of anilines is 1. The highest BCUT2D eigenvalue weighted by Gasteiger charge is 2.21. The molecule has 0 radical (unpaired) electrons. The van der Waals surface area contributed by atoms with Crippen LogP contribution in [0.4, 0.5) is 5.95 Å². The van der Waals surface area contributed by atoms with Crippen LogP contribution < -0.4 is 4.90 Å². The highest BCUT2D eigenvalue weighted by molar-refractivity contribution is 6.30. The number of aromatic nitrogens is 2. The molecule has 1 saturated heterocycles. The first kappa shape index (κ1) is 11.6. The molecule has 1 unspecified atom stereocenters. The van der Waals surface area contributed by atoms with E-state index in [9.17, 15) is 0 Å². The lowest BCUT2D eigenvalue weighted by atomic mass is 9.95. The quantitative estimate of drug-likeness (QED) is 0.876. The van der Waals surface area contributed by atoms with Crippen LogP contribution in [0.2, 0.25) is 5.02 Å². The van der Waals surface area contributed by atoms with Crippen molar-refractivity contribution in [2.24, 2.45) is 5.92 Å². The Morgan fingerprint density at radius 3 is 2.88 bits per heavy atom. The largest absolute Gasteiger partial charge is 0.396 e. The van der Waals surface area contributed by atoms with E-state index in [1.807, 2.05) is 0 Å². The molecular formula is C11H16ClN3O. The van der Waals surface area contributed by atoms with Crippen LogP contribution in [0.5, 0.6) is 0 Å². The Morgan fingerprint density at radius 2 is 2.19 bits per heavy atom. The summed E-state index contributed by atoms with van der Waals surface area (Å²) in [5.41, 5.74) is 0. The van der Waals surface area contributed by atoms with E-state index in [-0.39, 0.29) is 6.61 Å². The molecule has 1 aromatic rings. The Kier molecular flexibility index (Phi) is 3.96. The fourth-order valence-electron chi connectivity index (χ4n) is 2.13. The van der Waals surface area contributed by atoms with Crippen molar-refractivity contribution >= 4 is 17.5 Å². The van der Waals surface area contributed by atoms with Crippen LogP contribution in [0.1, 0.15) is 19.3 Å². The second-order valence-electron chi connectivity index (χ2n) is 4.17. The highest BCUT2D eigenvalue weighted by Crippen LogP contribution is 2.22. The summed E-state index contributed by atoms with van der Waals surface area (Å²) < 4.78 is 0. The molecule has 0 aromatic carbocycles. The molecule has 1 atom stereocenters. The molecule has 1 fully saturated rings. The maximum absolute atomic E-state index is 8.94. The molecule has 0 spiro atoms. The molecule has 0 aliphatic carbocycles. The van der Waals surface area contributed by atoms with E-state index in [1.54, 1.807) is 12.4 Å². The maximum Gasteiger partial charge on any atom is 0.225 e. The number of aliphatic hydroxyl groups is 1. The van der Waals surface area contributed by atoms with Crippen LogP contribution in [-0.4, -0.2) is 34.8 Å². The molecule has 5 heteroatoms. The lowest BCUT2D eigenvalue weighted by Gasteiger charge is -2.32. The van der Waals surface area contributed by atoms with Gasteiger partial charge in [-0.1, -0.05) is 11.6 Å². The molecule has 0 bridgehead atoms. The van der Waals surface area contributed by atoms with Crippen molar-refractivity contribution in [3.05, 3.63) is 17.4 Å². The lowest BCUT2D eigenvalue weighted by Crippen LogP contribution is -2.36. The smallest absolute Gasteiger partial charge is 0.225 e. The van der Waals surface area contributed by atoms with E-state index >= 15 is 0 Å². The van der Waals surface area contributed by atoms with Crippen molar-refractivity contribution in [3.8, 4) is 0 Å². The summed E-state index contributed by atoms with van der Waals surface area (Å²) >= 11 is 5.75. The molecule has 2 rings (SSSR count). The van der Waals surface area contributed by atoms with E-state index in [1.165, 1.54) is 6.42 Å². The van der Waals surface area contributed by atoms with Gasteiger partial charge in [0.1, 0.15) is 0 Å². The van der Waals surface area contributed by atoms with Crippen LogP contribution in [-0.2, 0) is 0 Å². The molecule has 1 N–H and O–H groups in total. The Labute approximate surface area is 100 Å². The predicted molar refractivity (Wildman–Crippen MR) is 63.7 cm³/mol. The summed E-state index contributed by atoms with van der Waals surface area (Å²) in [7, 11) is 0. The lowest BCUT2D eigenvalue weighted by molar-refractivity contribution is 0.244. The third-order valence-electron chi connectivity index (χ3n) is 2.95. The maximum atomic E-state index is 8.94. The monoisotopic (exact) mass is 241 g/mol. The molecule has 16 heavy (non-hydrogen) atoms. The van der Waals surface area contributed by atoms with Crippen molar-refractivity contribution < 1.29 is 5.11 Å². The summed E-state index contributed by atoms with van der Waals surface area (Å²) in [4.78, 5) is 10.6. The van der Waals surface area contributed by atoms with E-state index in [0.29, 0.717) is 10.9 Å². The van der Waals surface area contributed by atoms with E-state index < -0.39 is 0 Å². The molecule has 88 valence electrons. The van der Waals surface area contributed by atoms with Crippen LogP contribution >= 0.6 is 11.6 Å². The molecule has 1 aromatic heterocycles. The molecule has 1 aliphatic rings. The fourth-order valence-corrected chi connectivity index (χ4v) is 2.23. The Morgan fingerprint density at radius 1 is 1.44 bits per heavy atom. The van der Waals surface area contributed by atoms with Gasteiger partial charge in [-0.2, -0.15) is 0 Å². The van der Waals surface area contributed by atoms with Gasteiger partial charge >= 0.3 is 0 Å². The third kappa shape index (κ3) is 2.83. The summed E-state index contributed by atoms with van der Waals surface area (Å²) in [6.45, 7) is 2.19. The molecule has 1 aliphatic heterocycles. The number of nitrogens with zero attached hydrogens (tertiary/aromatic N) is 3. The van der Waals surface area contributed by atoms with Gasteiger partial charge in [-0.05, 0) is 25.2 Å². The zero-order valence-corrected chi connectivity index (χ0v) is 9.90. The Balaban J connectivity index is 2.01.